The van der Waals surface area contributed by atoms with Crippen LogP contribution in [-0.2, 0) is 28.7 Å². The average molecular weight is 716 g/mol. The Labute approximate surface area is 300 Å². The lowest BCUT2D eigenvalue weighted by molar-refractivity contribution is -0.136. The van der Waals surface area contributed by atoms with Crippen LogP contribution in [0.2, 0.25) is 0 Å². The molecular formula is C37H41N5O10. The molecule has 3 aliphatic heterocycles. The zero-order chi connectivity index (χ0) is 36.6. The number of nitrogens with zero attached hydrogens (tertiary/aromatic N) is 3. The highest BCUT2D eigenvalue weighted by Crippen LogP contribution is 2.34. The molecule has 15 heteroatoms. The number of fused-ring (bicyclic) bond motifs is 1. The Morgan fingerprint density at radius 3 is 2.25 bits per heavy atom. The van der Waals surface area contributed by atoms with Gasteiger partial charge in [-0.3, -0.25) is 48.8 Å². The van der Waals surface area contributed by atoms with E-state index in [-0.39, 0.29) is 66.0 Å². The highest BCUT2D eigenvalue weighted by Gasteiger charge is 2.46. The van der Waals surface area contributed by atoms with Gasteiger partial charge in [-0.2, -0.15) is 0 Å². The van der Waals surface area contributed by atoms with Gasteiger partial charge in [-0.15, -0.1) is 0 Å². The molecule has 0 radical (unpaired) electrons. The molecule has 52 heavy (non-hydrogen) atoms. The Balaban J connectivity index is 0.834. The van der Waals surface area contributed by atoms with Crippen LogP contribution >= 0.6 is 0 Å². The lowest BCUT2D eigenvalue weighted by Crippen LogP contribution is -2.54. The monoisotopic (exact) mass is 715 g/mol. The Kier molecular flexibility index (Phi) is 11.8. The maximum Gasteiger partial charge on any atom is 0.513 e. The molecule has 274 valence electrons. The van der Waals surface area contributed by atoms with Crippen LogP contribution in [0.5, 0.6) is 5.75 Å². The summed E-state index contributed by atoms with van der Waals surface area (Å²) in [5.74, 6) is -3.18. The van der Waals surface area contributed by atoms with E-state index in [2.05, 4.69) is 20.4 Å². The minimum atomic E-state index is -1.14. The van der Waals surface area contributed by atoms with Crippen LogP contribution in [0.4, 0.5) is 4.79 Å². The van der Waals surface area contributed by atoms with E-state index < -0.39 is 35.8 Å². The zero-order valence-electron chi connectivity index (χ0n) is 28.7. The van der Waals surface area contributed by atoms with Gasteiger partial charge in [-0.1, -0.05) is 36.4 Å². The van der Waals surface area contributed by atoms with Gasteiger partial charge in [0.15, 0.2) is 11.6 Å². The van der Waals surface area contributed by atoms with E-state index in [1.165, 1.54) is 18.2 Å². The van der Waals surface area contributed by atoms with Crippen molar-refractivity contribution in [2.45, 2.75) is 37.6 Å². The molecule has 3 fully saturated rings. The van der Waals surface area contributed by atoms with Crippen molar-refractivity contribution < 1.29 is 47.8 Å². The molecule has 0 bridgehead atoms. The number of allylic oxidation sites excluding steroid dienone is 1. The second kappa shape index (κ2) is 16.8. The quantitative estimate of drug-likeness (QED) is 0.0760. The molecule has 1 atom stereocenters. The number of carbonyl (C=O) groups excluding carboxylic acids is 7. The van der Waals surface area contributed by atoms with E-state index >= 15 is 0 Å². The van der Waals surface area contributed by atoms with Crippen molar-refractivity contribution in [3.63, 3.8) is 0 Å². The molecule has 2 aromatic carbocycles. The number of hydrogen-bond donors (Lipinski definition) is 2. The molecule has 0 aromatic heterocycles. The molecule has 3 heterocycles. The smallest absolute Gasteiger partial charge is 0.432 e. The predicted octanol–water partition coefficient (Wildman–Crippen LogP) is 1.43. The minimum absolute atomic E-state index is 0.00752. The number of piperidine rings is 1. The van der Waals surface area contributed by atoms with Crippen molar-refractivity contribution in [2.75, 3.05) is 65.6 Å². The summed E-state index contributed by atoms with van der Waals surface area (Å²) in [6.45, 7) is 6.02. The van der Waals surface area contributed by atoms with Gasteiger partial charge in [0.1, 0.15) is 18.4 Å². The van der Waals surface area contributed by atoms with Gasteiger partial charge in [0, 0.05) is 71.3 Å². The van der Waals surface area contributed by atoms with Crippen LogP contribution in [0.25, 0.3) is 0 Å². The topological polar surface area (TPSA) is 181 Å². The lowest BCUT2D eigenvalue weighted by atomic mass is 9.80. The summed E-state index contributed by atoms with van der Waals surface area (Å²) >= 11 is 0. The molecule has 4 amide bonds. The lowest BCUT2D eigenvalue weighted by Gasteiger charge is -2.34. The summed E-state index contributed by atoms with van der Waals surface area (Å²) in [7, 11) is 0. The minimum Gasteiger partial charge on any atom is -0.432 e. The van der Waals surface area contributed by atoms with Crippen LogP contribution < -0.4 is 15.4 Å². The van der Waals surface area contributed by atoms with Gasteiger partial charge in [-0.05, 0) is 30.0 Å². The number of rotatable bonds is 13. The summed E-state index contributed by atoms with van der Waals surface area (Å²) in [6, 6.07) is 12.7. The summed E-state index contributed by atoms with van der Waals surface area (Å²) in [5, 5.41) is 5.30. The van der Waals surface area contributed by atoms with Crippen LogP contribution in [0, 0.1) is 0 Å². The van der Waals surface area contributed by atoms with Gasteiger partial charge >= 0.3 is 6.16 Å². The molecule has 6 rings (SSSR count). The number of piperazine rings is 1. The number of hydrogen-bond acceptors (Lipinski definition) is 13. The second-order valence-corrected chi connectivity index (χ2v) is 13.0. The van der Waals surface area contributed by atoms with Crippen molar-refractivity contribution in [3.05, 3.63) is 77.0 Å². The Morgan fingerprint density at radius 2 is 1.54 bits per heavy atom. The fourth-order valence-electron chi connectivity index (χ4n) is 6.82. The van der Waals surface area contributed by atoms with E-state index in [9.17, 15) is 33.6 Å². The summed E-state index contributed by atoms with van der Waals surface area (Å²) in [6.07, 6.45) is 1.18. The number of imide groups is 2. The average Bonchev–Trinajstić information content (AvgIpc) is 3.39. The third-order valence-electron chi connectivity index (χ3n) is 9.64. The van der Waals surface area contributed by atoms with Crippen LogP contribution in [0.3, 0.4) is 0 Å². The maximum absolute atomic E-state index is 13.1. The Morgan fingerprint density at radius 1 is 0.827 bits per heavy atom. The van der Waals surface area contributed by atoms with Crippen molar-refractivity contribution in [1.29, 1.82) is 0 Å². The largest absolute Gasteiger partial charge is 0.513 e. The Hall–Kier alpha value is -5.25. The normalized spacial score (nSPS) is 21.2. The Bertz CT molecular complexity index is 1730. The number of carbonyl (C=O) groups is 7. The molecule has 1 aliphatic carbocycles. The summed E-state index contributed by atoms with van der Waals surface area (Å²) in [5.41, 5.74) is 1.11. The zero-order valence-corrected chi connectivity index (χ0v) is 28.7. The van der Waals surface area contributed by atoms with E-state index in [0.717, 1.165) is 43.2 Å². The van der Waals surface area contributed by atoms with Crippen molar-refractivity contribution in [1.82, 2.24) is 25.3 Å². The van der Waals surface area contributed by atoms with Crippen molar-refractivity contribution in [2.24, 2.45) is 0 Å². The standard InChI is InChI=1S/C37H41N5O10/c43-29-21-25(24-5-2-1-3-6-24)22-30(44)27(29)23-38-11-12-40-13-15-41(16-14-40)17-18-50-19-20-51-37(49)52-31-8-4-7-26-33(31)36(48)42(35(26)47)28-9-10-32(45)39-34(28)46/h1-8,23,25,28,38H,9-22H2,(H,39,45,46). The molecule has 2 saturated heterocycles. The van der Waals surface area contributed by atoms with Gasteiger partial charge in [0.2, 0.25) is 11.8 Å². The number of ketones is 2. The van der Waals surface area contributed by atoms with Crippen LogP contribution in [-0.4, -0.2) is 128 Å². The van der Waals surface area contributed by atoms with Gasteiger partial charge in [0.05, 0.1) is 29.9 Å². The van der Waals surface area contributed by atoms with E-state index in [4.69, 9.17) is 14.2 Å². The highest BCUT2D eigenvalue weighted by atomic mass is 16.7. The van der Waals surface area contributed by atoms with E-state index in [1.807, 2.05) is 30.3 Å². The van der Waals surface area contributed by atoms with Crippen LogP contribution in [0.1, 0.15) is 57.9 Å². The number of amides is 4. The van der Waals surface area contributed by atoms with Gasteiger partial charge < -0.3 is 19.5 Å². The maximum atomic E-state index is 13.1. The highest BCUT2D eigenvalue weighted by molar-refractivity contribution is 6.25. The van der Waals surface area contributed by atoms with E-state index in [0.29, 0.717) is 32.5 Å². The number of ether oxygens (including phenoxy) is 3. The molecule has 1 unspecified atom stereocenters. The summed E-state index contributed by atoms with van der Waals surface area (Å²) < 4.78 is 16.0. The first-order valence-electron chi connectivity index (χ1n) is 17.5. The van der Waals surface area contributed by atoms with Gasteiger partial charge in [-0.25, -0.2) is 4.79 Å². The fraction of sp³-hybridized carbons (Fsp3) is 0.432. The molecular weight excluding hydrogens is 674 g/mol. The third kappa shape index (κ3) is 8.61. The van der Waals surface area contributed by atoms with Crippen LogP contribution in [0.15, 0.2) is 60.3 Å². The van der Waals surface area contributed by atoms with Crippen molar-refractivity contribution in [3.8, 4) is 5.75 Å². The van der Waals surface area contributed by atoms with Gasteiger partial charge in [0.25, 0.3) is 11.8 Å². The molecule has 2 N–H and O–H groups in total. The molecule has 0 spiro atoms. The third-order valence-corrected chi connectivity index (χ3v) is 9.64. The second-order valence-electron chi connectivity index (χ2n) is 13.0. The summed E-state index contributed by atoms with van der Waals surface area (Å²) in [4.78, 5) is 93.0. The van der Waals surface area contributed by atoms with Crippen molar-refractivity contribution >= 4 is 41.4 Å². The SMILES string of the molecule is O=C1CCC(N2C(=O)c3cccc(OC(=O)OCCOCCN4CCN(CCNC=C5C(=O)CC(c6ccccc6)CC5=O)CC4)c3C2=O)C(=O)N1. The fourth-order valence-corrected chi connectivity index (χ4v) is 6.82. The first kappa shape index (κ1) is 36.5. The van der Waals surface area contributed by atoms with E-state index in [1.54, 1.807) is 6.20 Å². The molecule has 1 saturated carbocycles. The first-order chi connectivity index (χ1) is 25.2. The number of Topliss-reactive ketones (excluding diaryl/α,β-unsaturated/α-hetero) is 2. The molecule has 15 nitrogen and oxygen atoms in total. The predicted molar refractivity (Wildman–Crippen MR) is 183 cm³/mol. The number of nitrogens with one attached hydrogen (secondary N) is 2. The molecule has 2 aromatic rings. The first-order valence-corrected chi connectivity index (χ1v) is 17.5. The number of benzene rings is 2. The molecule has 4 aliphatic rings.